The lowest BCUT2D eigenvalue weighted by atomic mass is 9.95. The number of fused-ring (bicyclic) bond motifs is 1. The van der Waals surface area contributed by atoms with Gasteiger partial charge in [0.05, 0.1) is 25.7 Å². The summed E-state index contributed by atoms with van der Waals surface area (Å²) in [6.45, 7) is 7.57. The molecule has 3 rings (SSSR count). The van der Waals surface area contributed by atoms with Gasteiger partial charge in [0.2, 0.25) is 5.88 Å². The summed E-state index contributed by atoms with van der Waals surface area (Å²) >= 11 is 0. The molecule has 0 spiro atoms. The van der Waals surface area contributed by atoms with E-state index in [2.05, 4.69) is 15.2 Å². The monoisotopic (exact) mass is 461 g/mol. The van der Waals surface area contributed by atoms with Gasteiger partial charge in [0.1, 0.15) is 11.4 Å². The summed E-state index contributed by atoms with van der Waals surface area (Å²) in [5.74, 6) is -1.35. The molecular formula is C24H32FN3O5. The molecule has 0 bridgehead atoms. The molecule has 0 radical (unpaired) electrons. The number of ether oxygens (including phenoxy) is 3. The number of hydrogen-bond acceptors (Lipinski definition) is 7. The molecule has 2 atom stereocenters. The summed E-state index contributed by atoms with van der Waals surface area (Å²) in [4.78, 5) is 31.2. The highest BCUT2D eigenvalue weighted by atomic mass is 19.1. The van der Waals surface area contributed by atoms with Gasteiger partial charge < -0.3 is 24.4 Å². The van der Waals surface area contributed by atoms with Crippen LogP contribution in [0.4, 0.5) is 9.18 Å². The number of alkyl carbamates (subject to hydrolysis) is 1. The number of benzene rings is 1. The van der Waals surface area contributed by atoms with Crippen molar-refractivity contribution < 1.29 is 28.2 Å². The standard InChI is InChI=1S/C24H32FN3O5/c1-24(2,3)33-23(30)26-12-15-10-11-28(13-15)14-17(22(29)32-5)20-18(25)8-6-16-7-9-19(31-4)27-21(16)20/h6-9,15,17H,10-14H2,1-5H3,(H,26,30)/t15-,17?/m0/s1. The Balaban J connectivity index is 1.75. The van der Waals surface area contributed by atoms with Gasteiger partial charge in [0.25, 0.3) is 0 Å². The van der Waals surface area contributed by atoms with E-state index in [1.54, 1.807) is 18.2 Å². The fourth-order valence-corrected chi connectivity index (χ4v) is 4.08. The van der Waals surface area contributed by atoms with Crippen molar-refractivity contribution >= 4 is 23.0 Å². The highest BCUT2D eigenvalue weighted by Crippen LogP contribution is 2.31. The van der Waals surface area contributed by atoms with E-state index in [0.29, 0.717) is 29.9 Å². The first-order valence-electron chi connectivity index (χ1n) is 11.0. The third-order valence-electron chi connectivity index (χ3n) is 5.61. The Kier molecular flexibility index (Phi) is 7.73. The van der Waals surface area contributed by atoms with Gasteiger partial charge in [-0.1, -0.05) is 0 Å². The van der Waals surface area contributed by atoms with E-state index >= 15 is 4.39 Å². The number of esters is 1. The number of pyridine rings is 1. The van der Waals surface area contributed by atoms with E-state index < -0.39 is 29.4 Å². The van der Waals surface area contributed by atoms with Crippen LogP contribution in [0.1, 0.15) is 38.7 Å². The highest BCUT2D eigenvalue weighted by Gasteiger charge is 2.33. The van der Waals surface area contributed by atoms with Crippen molar-refractivity contribution in [1.82, 2.24) is 15.2 Å². The molecule has 1 aliphatic rings. The molecule has 1 aliphatic heterocycles. The van der Waals surface area contributed by atoms with E-state index in [9.17, 15) is 9.59 Å². The lowest BCUT2D eigenvalue weighted by molar-refractivity contribution is -0.143. The molecule has 0 saturated carbocycles. The Hall–Kier alpha value is -2.94. The minimum absolute atomic E-state index is 0.200. The molecule has 180 valence electrons. The van der Waals surface area contributed by atoms with E-state index in [-0.39, 0.29) is 18.0 Å². The molecule has 1 aromatic carbocycles. The zero-order valence-corrected chi connectivity index (χ0v) is 19.8. The number of halogens is 1. The quantitative estimate of drug-likeness (QED) is 0.632. The van der Waals surface area contributed by atoms with E-state index in [0.717, 1.165) is 13.0 Å². The lowest BCUT2D eigenvalue weighted by Crippen LogP contribution is -2.36. The average molecular weight is 462 g/mol. The largest absolute Gasteiger partial charge is 0.481 e. The van der Waals surface area contributed by atoms with Crippen molar-refractivity contribution in [3.8, 4) is 5.88 Å². The third-order valence-corrected chi connectivity index (χ3v) is 5.61. The Labute approximate surface area is 193 Å². The zero-order valence-electron chi connectivity index (χ0n) is 19.8. The number of nitrogens with zero attached hydrogens (tertiary/aromatic N) is 2. The van der Waals surface area contributed by atoms with Crippen molar-refractivity contribution in [1.29, 1.82) is 0 Å². The smallest absolute Gasteiger partial charge is 0.407 e. The van der Waals surface area contributed by atoms with Crippen molar-refractivity contribution in [2.45, 2.75) is 38.7 Å². The second-order valence-electron chi connectivity index (χ2n) is 9.26. The van der Waals surface area contributed by atoms with Gasteiger partial charge in [-0.05, 0) is 57.9 Å². The maximum absolute atomic E-state index is 15.0. The molecule has 1 saturated heterocycles. The van der Waals surface area contributed by atoms with Gasteiger partial charge in [-0.3, -0.25) is 4.79 Å². The molecule has 33 heavy (non-hydrogen) atoms. The molecule has 1 N–H and O–H groups in total. The normalized spacial score (nSPS) is 17.6. The molecule has 0 aliphatic carbocycles. The summed E-state index contributed by atoms with van der Waals surface area (Å²) in [6, 6.07) is 6.45. The summed E-state index contributed by atoms with van der Waals surface area (Å²) in [7, 11) is 2.78. The minimum Gasteiger partial charge on any atom is -0.481 e. The SMILES string of the molecule is COC(=O)C(CN1CC[C@@H](CNC(=O)OC(C)(C)C)C1)c1c(F)ccc2ccc(OC)nc12. The minimum atomic E-state index is -0.851. The van der Waals surface area contributed by atoms with Crippen LogP contribution in [-0.2, 0) is 14.3 Å². The third kappa shape index (κ3) is 6.31. The second kappa shape index (κ2) is 10.3. The molecule has 1 unspecified atom stereocenters. The Morgan fingerprint density at radius 1 is 1.24 bits per heavy atom. The first-order chi connectivity index (χ1) is 15.6. The molecule has 1 aromatic heterocycles. The van der Waals surface area contributed by atoms with Gasteiger partial charge in [-0.2, -0.15) is 0 Å². The highest BCUT2D eigenvalue weighted by molar-refractivity contribution is 5.89. The fourth-order valence-electron chi connectivity index (χ4n) is 4.08. The number of hydrogen-bond donors (Lipinski definition) is 1. The summed E-state index contributed by atoms with van der Waals surface area (Å²) in [5, 5.41) is 3.51. The number of methoxy groups -OCH3 is 2. The molecule has 2 heterocycles. The number of nitrogens with one attached hydrogen (secondary N) is 1. The number of carbonyl (C=O) groups excluding carboxylic acids is 2. The van der Waals surface area contributed by atoms with Gasteiger partial charge in [0, 0.05) is 36.7 Å². The van der Waals surface area contributed by atoms with Crippen LogP contribution in [0.3, 0.4) is 0 Å². The predicted octanol–water partition coefficient (Wildman–Crippen LogP) is 3.49. The van der Waals surface area contributed by atoms with Crippen LogP contribution in [-0.4, -0.2) is 67.9 Å². The fraction of sp³-hybridized carbons (Fsp3) is 0.542. The lowest BCUT2D eigenvalue weighted by Gasteiger charge is -2.24. The second-order valence-corrected chi connectivity index (χ2v) is 9.26. The average Bonchev–Trinajstić information content (AvgIpc) is 3.22. The molecule has 2 aromatic rings. The number of amides is 1. The molecule has 1 fully saturated rings. The van der Waals surface area contributed by atoms with Crippen molar-refractivity contribution in [3.05, 3.63) is 35.6 Å². The topological polar surface area (TPSA) is 90.0 Å². The van der Waals surface area contributed by atoms with Gasteiger partial charge in [0.15, 0.2) is 0 Å². The van der Waals surface area contributed by atoms with Gasteiger partial charge in [-0.15, -0.1) is 0 Å². The van der Waals surface area contributed by atoms with Crippen LogP contribution in [0.25, 0.3) is 10.9 Å². The number of carbonyl (C=O) groups is 2. The van der Waals surface area contributed by atoms with Crippen LogP contribution in [0.2, 0.25) is 0 Å². The van der Waals surface area contributed by atoms with E-state index in [1.165, 1.54) is 20.3 Å². The zero-order chi connectivity index (χ0) is 24.2. The number of likely N-dealkylation sites (tertiary alicyclic amines) is 1. The summed E-state index contributed by atoms with van der Waals surface area (Å²) in [6.07, 6.45) is 0.388. The molecule has 1 amide bonds. The van der Waals surface area contributed by atoms with Crippen LogP contribution in [0.5, 0.6) is 5.88 Å². The van der Waals surface area contributed by atoms with Crippen LogP contribution in [0, 0.1) is 11.7 Å². The van der Waals surface area contributed by atoms with Crippen molar-refractivity contribution in [2.24, 2.45) is 5.92 Å². The van der Waals surface area contributed by atoms with Gasteiger partial charge in [-0.25, -0.2) is 14.2 Å². The summed E-state index contributed by atoms with van der Waals surface area (Å²) < 4.78 is 30.5. The maximum atomic E-state index is 15.0. The predicted molar refractivity (Wildman–Crippen MR) is 122 cm³/mol. The Morgan fingerprint density at radius 2 is 1.97 bits per heavy atom. The van der Waals surface area contributed by atoms with Crippen LogP contribution >= 0.6 is 0 Å². The van der Waals surface area contributed by atoms with E-state index in [4.69, 9.17) is 14.2 Å². The number of rotatable bonds is 7. The summed E-state index contributed by atoms with van der Waals surface area (Å²) in [5.41, 5.74) is 0.0272. The molecular weight excluding hydrogens is 429 g/mol. The maximum Gasteiger partial charge on any atom is 0.407 e. The molecule has 9 heteroatoms. The first-order valence-corrected chi connectivity index (χ1v) is 11.0. The molecule has 8 nitrogen and oxygen atoms in total. The number of aromatic nitrogens is 1. The van der Waals surface area contributed by atoms with Gasteiger partial charge >= 0.3 is 12.1 Å². The Bertz CT molecular complexity index is 1010. The van der Waals surface area contributed by atoms with Crippen molar-refractivity contribution in [3.63, 3.8) is 0 Å². The van der Waals surface area contributed by atoms with Crippen molar-refractivity contribution in [2.75, 3.05) is 40.4 Å². The van der Waals surface area contributed by atoms with E-state index in [1.807, 2.05) is 20.8 Å². The van der Waals surface area contributed by atoms with Crippen LogP contribution in [0.15, 0.2) is 24.3 Å². The first kappa shape index (κ1) is 24.7. The Morgan fingerprint density at radius 3 is 2.64 bits per heavy atom. The van der Waals surface area contributed by atoms with Crippen LogP contribution < -0.4 is 10.1 Å².